The minimum absolute atomic E-state index is 0.284. The lowest BCUT2D eigenvalue weighted by molar-refractivity contribution is 0.0839. The molecule has 0 N–H and O–H groups in total. The predicted octanol–water partition coefficient (Wildman–Crippen LogP) is 4.77. The highest BCUT2D eigenvalue weighted by atomic mass is 79.9. The molecule has 0 bridgehead atoms. The van der Waals surface area contributed by atoms with Gasteiger partial charge in [0.2, 0.25) is 0 Å². The Balaban J connectivity index is 2.28. The maximum atomic E-state index is 5.72. The van der Waals surface area contributed by atoms with Gasteiger partial charge in [-0.25, -0.2) is 0 Å². The number of ether oxygens (including phenoxy) is 1. The lowest BCUT2D eigenvalue weighted by atomic mass is 9.83. The van der Waals surface area contributed by atoms with Crippen molar-refractivity contribution in [1.82, 2.24) is 0 Å². The van der Waals surface area contributed by atoms with Crippen LogP contribution in [0.1, 0.15) is 26.3 Å². The Morgan fingerprint density at radius 3 is 2.44 bits per heavy atom. The van der Waals surface area contributed by atoms with Gasteiger partial charge in [-0.05, 0) is 16.9 Å². The Hall–Kier alpha value is -0.600. The summed E-state index contributed by atoms with van der Waals surface area (Å²) in [5.74, 6) is 0.544. The maximum Gasteiger partial charge on any atom is 0.0650 e. The minimum atomic E-state index is 0.284. The summed E-state index contributed by atoms with van der Waals surface area (Å²) in [6, 6.07) is 10.3. The van der Waals surface area contributed by atoms with Crippen molar-refractivity contribution in [2.75, 3.05) is 18.5 Å². The molecule has 0 saturated carbocycles. The van der Waals surface area contributed by atoms with Gasteiger partial charge in [-0.15, -0.1) is 0 Å². The summed E-state index contributed by atoms with van der Waals surface area (Å²) in [6.07, 6.45) is 4.17. The quantitative estimate of drug-likeness (QED) is 0.543. The summed E-state index contributed by atoms with van der Waals surface area (Å²) in [4.78, 5) is 0. The normalized spacial score (nSPS) is 14.0. The van der Waals surface area contributed by atoms with Gasteiger partial charge in [0.1, 0.15) is 0 Å². The zero-order chi connectivity index (χ0) is 13.4. The molecule has 0 radical (unpaired) electrons. The zero-order valence-electron chi connectivity index (χ0n) is 11.5. The summed E-state index contributed by atoms with van der Waals surface area (Å²) in [6.45, 7) is 8.23. The molecule has 1 aromatic rings. The van der Waals surface area contributed by atoms with E-state index in [1.54, 1.807) is 0 Å². The smallest absolute Gasteiger partial charge is 0.0650 e. The topological polar surface area (TPSA) is 9.23 Å². The summed E-state index contributed by atoms with van der Waals surface area (Å²) in [5, 5.41) is 0.985. The van der Waals surface area contributed by atoms with Crippen LogP contribution in [0.4, 0.5) is 0 Å². The average Bonchev–Trinajstić information content (AvgIpc) is 2.33. The van der Waals surface area contributed by atoms with Crippen LogP contribution < -0.4 is 0 Å². The molecule has 0 amide bonds. The van der Waals surface area contributed by atoms with E-state index in [9.17, 15) is 0 Å². The van der Waals surface area contributed by atoms with Crippen molar-refractivity contribution in [2.24, 2.45) is 11.3 Å². The Morgan fingerprint density at radius 1 is 1.22 bits per heavy atom. The van der Waals surface area contributed by atoms with Crippen molar-refractivity contribution < 1.29 is 4.74 Å². The standard InChI is InChI=1S/C16H23BrO/c1-16(2,3)15(12-17)13-18-11-7-10-14-8-5-4-6-9-14/h4-10,15H,11-13H2,1-3H3. The lowest BCUT2D eigenvalue weighted by Crippen LogP contribution is -2.26. The second-order valence-electron chi connectivity index (χ2n) is 5.57. The highest BCUT2D eigenvalue weighted by molar-refractivity contribution is 9.09. The van der Waals surface area contributed by atoms with Crippen LogP contribution >= 0.6 is 15.9 Å². The van der Waals surface area contributed by atoms with Gasteiger partial charge < -0.3 is 4.74 Å². The molecule has 2 heteroatoms. The van der Waals surface area contributed by atoms with E-state index in [-0.39, 0.29) is 5.41 Å². The number of rotatable bonds is 6. The summed E-state index contributed by atoms with van der Waals surface area (Å²) in [7, 11) is 0. The van der Waals surface area contributed by atoms with E-state index in [4.69, 9.17) is 4.74 Å². The van der Waals surface area contributed by atoms with Crippen LogP contribution in [-0.2, 0) is 4.74 Å². The van der Waals surface area contributed by atoms with Gasteiger partial charge in [0, 0.05) is 5.33 Å². The van der Waals surface area contributed by atoms with Crippen molar-refractivity contribution in [1.29, 1.82) is 0 Å². The maximum absolute atomic E-state index is 5.72. The molecular weight excluding hydrogens is 288 g/mol. The number of benzene rings is 1. The van der Waals surface area contributed by atoms with Gasteiger partial charge >= 0.3 is 0 Å². The number of hydrogen-bond acceptors (Lipinski definition) is 1. The van der Waals surface area contributed by atoms with Gasteiger partial charge in [0.25, 0.3) is 0 Å². The Morgan fingerprint density at radius 2 is 1.89 bits per heavy atom. The van der Waals surface area contributed by atoms with Crippen molar-refractivity contribution in [3.8, 4) is 0 Å². The molecule has 1 unspecified atom stereocenters. The molecule has 0 aromatic heterocycles. The Labute approximate surface area is 119 Å². The minimum Gasteiger partial charge on any atom is -0.377 e. The number of alkyl halides is 1. The fourth-order valence-corrected chi connectivity index (χ4v) is 2.71. The van der Waals surface area contributed by atoms with Crippen LogP contribution in [0, 0.1) is 11.3 Å². The molecule has 0 spiro atoms. The Bertz CT molecular complexity index is 351. The third kappa shape index (κ3) is 5.83. The first-order valence-corrected chi connectivity index (χ1v) is 7.51. The first kappa shape index (κ1) is 15.5. The van der Waals surface area contributed by atoms with E-state index in [0.717, 1.165) is 11.9 Å². The van der Waals surface area contributed by atoms with Gasteiger partial charge in [-0.1, -0.05) is 79.2 Å². The molecular formula is C16H23BrO. The molecule has 18 heavy (non-hydrogen) atoms. The molecule has 0 aliphatic heterocycles. The molecule has 0 aliphatic rings. The number of hydrogen-bond donors (Lipinski definition) is 0. The highest BCUT2D eigenvalue weighted by Gasteiger charge is 2.23. The van der Waals surface area contributed by atoms with Gasteiger partial charge in [0.05, 0.1) is 13.2 Å². The fourth-order valence-electron chi connectivity index (χ4n) is 1.55. The highest BCUT2D eigenvalue weighted by Crippen LogP contribution is 2.27. The van der Waals surface area contributed by atoms with Crippen molar-refractivity contribution >= 4 is 22.0 Å². The molecule has 0 saturated heterocycles. The third-order valence-electron chi connectivity index (χ3n) is 3.05. The van der Waals surface area contributed by atoms with Crippen LogP contribution in [0.3, 0.4) is 0 Å². The molecule has 0 heterocycles. The summed E-state index contributed by atoms with van der Waals surface area (Å²) in [5.41, 5.74) is 1.50. The van der Waals surface area contributed by atoms with Crippen LogP contribution in [0.25, 0.3) is 6.08 Å². The van der Waals surface area contributed by atoms with Crippen LogP contribution in [-0.4, -0.2) is 18.5 Å². The first-order chi connectivity index (χ1) is 8.54. The van der Waals surface area contributed by atoms with Crippen LogP contribution in [0.5, 0.6) is 0 Å². The molecule has 1 atom stereocenters. The van der Waals surface area contributed by atoms with Crippen molar-refractivity contribution in [3.63, 3.8) is 0 Å². The lowest BCUT2D eigenvalue weighted by Gasteiger charge is -2.28. The fraction of sp³-hybridized carbons (Fsp3) is 0.500. The van der Waals surface area contributed by atoms with Crippen LogP contribution in [0.2, 0.25) is 0 Å². The molecule has 100 valence electrons. The van der Waals surface area contributed by atoms with E-state index in [0.29, 0.717) is 12.5 Å². The van der Waals surface area contributed by atoms with Crippen LogP contribution in [0.15, 0.2) is 36.4 Å². The van der Waals surface area contributed by atoms with Gasteiger partial charge in [-0.3, -0.25) is 0 Å². The molecule has 1 rings (SSSR count). The monoisotopic (exact) mass is 310 g/mol. The van der Waals surface area contributed by atoms with Crippen molar-refractivity contribution in [2.45, 2.75) is 20.8 Å². The average molecular weight is 311 g/mol. The van der Waals surface area contributed by atoms with E-state index in [1.807, 2.05) is 18.2 Å². The second kappa shape index (κ2) is 7.75. The first-order valence-electron chi connectivity index (χ1n) is 6.39. The van der Waals surface area contributed by atoms with Crippen molar-refractivity contribution in [3.05, 3.63) is 42.0 Å². The molecule has 0 fully saturated rings. The van der Waals surface area contributed by atoms with Gasteiger partial charge in [-0.2, -0.15) is 0 Å². The second-order valence-corrected chi connectivity index (χ2v) is 6.22. The van der Waals surface area contributed by atoms with Gasteiger partial charge in [0.15, 0.2) is 0 Å². The summed E-state index contributed by atoms with van der Waals surface area (Å²) < 4.78 is 5.72. The van der Waals surface area contributed by atoms with E-state index < -0.39 is 0 Å². The van der Waals surface area contributed by atoms with E-state index >= 15 is 0 Å². The molecule has 0 aliphatic carbocycles. The predicted molar refractivity (Wildman–Crippen MR) is 83.0 cm³/mol. The molecule has 1 aromatic carbocycles. The SMILES string of the molecule is CC(C)(C)C(CBr)COCC=Cc1ccccc1. The largest absolute Gasteiger partial charge is 0.377 e. The number of halogens is 1. The zero-order valence-corrected chi connectivity index (χ0v) is 13.1. The molecule has 1 nitrogen and oxygen atoms in total. The Kier molecular flexibility index (Phi) is 6.66. The summed E-state index contributed by atoms with van der Waals surface area (Å²) >= 11 is 3.56. The van der Waals surface area contributed by atoms with E-state index in [1.165, 1.54) is 5.56 Å². The third-order valence-corrected chi connectivity index (χ3v) is 3.84. The van der Waals surface area contributed by atoms with E-state index in [2.05, 4.69) is 61.0 Å².